The Kier molecular flexibility index (Phi) is 15.1. The molecule has 0 fully saturated rings. The van der Waals surface area contributed by atoms with Crippen molar-refractivity contribution in [1.82, 2.24) is 0 Å². The highest BCUT2D eigenvalue weighted by Crippen LogP contribution is 2.59. The van der Waals surface area contributed by atoms with E-state index in [1.54, 1.807) is 0 Å². The summed E-state index contributed by atoms with van der Waals surface area (Å²) in [5, 5.41) is 2.47. The standard InChI is InChI=1S/C92H98N2/c1-57-45-65(63-29-23-31-71(49-63)93(73-39-33-59-25-19-21-27-61(59)47-73)83-55-69(89(9,10)11)53-81-85(83)77-43-37-67(87(3,4)5)51-79(77)91(81,15)16)35-41-75(57)76-42-36-66(46-58(76)2)64-30-24-32-72(50-64)94(74-40-34-60-26-20-22-28-62(60)48-74)84-56-70(90(12,13)14)54-82-86(84)78-44-38-68(88(6,7)8)52-80(78)92(82,17)18/h19-23,25-29,31-45,47-56,58,60,62H,24,30,46H2,1-18H3. The van der Waals surface area contributed by atoms with Gasteiger partial charge in [0.25, 0.3) is 0 Å². The molecule has 0 heterocycles. The summed E-state index contributed by atoms with van der Waals surface area (Å²) in [5.41, 5.74) is 32.8. The highest BCUT2D eigenvalue weighted by Gasteiger charge is 2.43. The average molecular weight is 1230 g/mol. The van der Waals surface area contributed by atoms with Gasteiger partial charge in [-0.15, -0.1) is 0 Å². The number of anilines is 4. The molecular formula is C92H98N2. The molecule has 94 heavy (non-hydrogen) atoms. The molecule has 476 valence electrons. The molecule has 6 aliphatic carbocycles. The smallest absolute Gasteiger partial charge is 0.0546 e. The van der Waals surface area contributed by atoms with Crippen molar-refractivity contribution in [3.05, 3.63) is 291 Å². The van der Waals surface area contributed by atoms with Crippen LogP contribution >= 0.6 is 0 Å². The Bertz CT molecular complexity index is 4700. The van der Waals surface area contributed by atoms with Crippen molar-refractivity contribution in [2.24, 2.45) is 17.8 Å². The van der Waals surface area contributed by atoms with E-state index in [0.717, 1.165) is 30.6 Å². The Morgan fingerprint density at radius 2 is 1.00 bits per heavy atom. The van der Waals surface area contributed by atoms with Gasteiger partial charge in [-0.05, 0) is 208 Å². The van der Waals surface area contributed by atoms with Gasteiger partial charge in [0.05, 0.1) is 11.4 Å². The molecule has 2 heteroatoms. The molecule has 2 nitrogen and oxygen atoms in total. The van der Waals surface area contributed by atoms with Crippen LogP contribution in [-0.4, -0.2) is 0 Å². The van der Waals surface area contributed by atoms with Gasteiger partial charge in [-0.3, -0.25) is 0 Å². The Hall–Kier alpha value is -8.46. The zero-order valence-corrected chi connectivity index (χ0v) is 59.5. The molecule has 0 bridgehead atoms. The number of fused-ring (bicyclic) bond motifs is 8. The summed E-state index contributed by atoms with van der Waals surface area (Å²) < 4.78 is 0. The Morgan fingerprint density at radius 1 is 0.447 bits per heavy atom. The van der Waals surface area contributed by atoms with Crippen LogP contribution in [0.4, 0.5) is 22.7 Å². The molecule has 6 aliphatic rings. The van der Waals surface area contributed by atoms with Crippen molar-refractivity contribution in [2.75, 3.05) is 9.80 Å². The summed E-state index contributed by atoms with van der Waals surface area (Å²) in [7, 11) is 0. The summed E-state index contributed by atoms with van der Waals surface area (Å²) in [6.45, 7) is 42.8. The molecule has 0 spiro atoms. The average Bonchev–Trinajstić information content (AvgIpc) is 1.55. The zero-order valence-electron chi connectivity index (χ0n) is 59.5. The summed E-state index contributed by atoms with van der Waals surface area (Å²) in [4.78, 5) is 5.22. The maximum absolute atomic E-state index is 2.66. The van der Waals surface area contributed by atoms with Gasteiger partial charge in [0.1, 0.15) is 0 Å². The molecule has 14 rings (SSSR count). The number of rotatable bonds is 9. The first-order valence-corrected chi connectivity index (χ1v) is 35.0. The predicted molar refractivity (Wildman–Crippen MR) is 405 cm³/mol. The first-order chi connectivity index (χ1) is 44.4. The molecule has 8 aromatic carbocycles. The summed E-state index contributed by atoms with van der Waals surface area (Å²) in [6.07, 6.45) is 29.6. The Labute approximate surface area is 563 Å². The summed E-state index contributed by atoms with van der Waals surface area (Å²) in [5.74, 6) is 1.00. The molecular weight excluding hydrogens is 1130 g/mol. The second-order valence-electron chi connectivity index (χ2n) is 33.5. The van der Waals surface area contributed by atoms with Gasteiger partial charge in [0, 0.05) is 56.6 Å². The van der Waals surface area contributed by atoms with E-state index in [9.17, 15) is 0 Å². The van der Waals surface area contributed by atoms with Crippen LogP contribution in [0.3, 0.4) is 0 Å². The lowest BCUT2D eigenvalue weighted by Crippen LogP contribution is -2.27. The normalized spacial score (nSPS) is 19.3. The quantitative estimate of drug-likeness (QED) is 0.142. The van der Waals surface area contributed by atoms with E-state index in [2.05, 4.69) is 347 Å². The van der Waals surface area contributed by atoms with Crippen LogP contribution in [0.1, 0.15) is 193 Å². The molecule has 0 saturated carbocycles. The SMILES string of the molecule is Cc1cc(-c2cccc(N(c3ccc4ccccc4c3)c3cc(C(C)(C)C)cc4c3-c3ccc(C(C)(C)C)cc3C4(C)C)c2)ccc1C1=CC=C(C2=CC(N(C3=CC4C=CC=CC4C=C3)c3cc(C(C)(C)C)cc4c3-c3ccc(C(C)(C)C)cc3C4(C)C)=CCC2)CC1C. The lowest BCUT2D eigenvalue weighted by Gasteiger charge is -2.36. The number of hydrogen-bond donors (Lipinski definition) is 0. The molecule has 3 atom stereocenters. The maximum atomic E-state index is 2.66. The van der Waals surface area contributed by atoms with Gasteiger partial charge in [-0.2, -0.15) is 0 Å². The van der Waals surface area contributed by atoms with E-state index in [4.69, 9.17) is 0 Å². The van der Waals surface area contributed by atoms with Crippen LogP contribution in [0.2, 0.25) is 0 Å². The van der Waals surface area contributed by atoms with Gasteiger partial charge < -0.3 is 9.80 Å². The molecule has 3 unspecified atom stereocenters. The molecule has 0 radical (unpaired) electrons. The van der Waals surface area contributed by atoms with E-state index in [1.165, 1.54) is 139 Å². The monoisotopic (exact) mass is 1230 g/mol. The minimum atomic E-state index is -0.194. The fourth-order valence-corrected chi connectivity index (χ4v) is 16.1. The van der Waals surface area contributed by atoms with Crippen molar-refractivity contribution < 1.29 is 0 Å². The fourth-order valence-electron chi connectivity index (χ4n) is 16.1. The van der Waals surface area contributed by atoms with Crippen LogP contribution in [0, 0.1) is 24.7 Å². The Morgan fingerprint density at radius 3 is 1.60 bits per heavy atom. The van der Waals surface area contributed by atoms with Crippen molar-refractivity contribution in [3.63, 3.8) is 0 Å². The first kappa shape index (κ1) is 63.0. The van der Waals surface area contributed by atoms with E-state index in [-0.39, 0.29) is 32.5 Å². The van der Waals surface area contributed by atoms with Crippen LogP contribution in [-0.2, 0) is 32.5 Å². The fraction of sp³-hybridized carbons (Fsp3) is 0.326. The van der Waals surface area contributed by atoms with Gasteiger partial charge in [0.2, 0.25) is 0 Å². The molecule has 0 saturated heterocycles. The van der Waals surface area contributed by atoms with Crippen molar-refractivity contribution in [3.8, 4) is 33.4 Å². The lowest BCUT2D eigenvalue weighted by molar-refractivity contribution is 0.579. The lowest BCUT2D eigenvalue weighted by atomic mass is 9.77. The van der Waals surface area contributed by atoms with Crippen LogP contribution in [0.25, 0.3) is 49.7 Å². The molecule has 0 aliphatic heterocycles. The topological polar surface area (TPSA) is 6.48 Å². The first-order valence-electron chi connectivity index (χ1n) is 35.0. The Balaban J connectivity index is 0.830. The third kappa shape index (κ3) is 11.0. The summed E-state index contributed by atoms with van der Waals surface area (Å²) >= 11 is 0. The molecule has 0 amide bonds. The van der Waals surface area contributed by atoms with Gasteiger partial charge in [0.15, 0.2) is 0 Å². The number of hydrogen-bond acceptors (Lipinski definition) is 2. The van der Waals surface area contributed by atoms with Crippen molar-refractivity contribution in [2.45, 2.75) is 176 Å². The van der Waals surface area contributed by atoms with E-state index in [1.807, 2.05) is 0 Å². The minimum Gasteiger partial charge on any atom is -0.310 e. The maximum Gasteiger partial charge on any atom is 0.0546 e. The van der Waals surface area contributed by atoms with Crippen molar-refractivity contribution in [1.29, 1.82) is 0 Å². The van der Waals surface area contributed by atoms with Gasteiger partial charge in [-0.25, -0.2) is 0 Å². The van der Waals surface area contributed by atoms with Gasteiger partial charge in [-0.1, -0.05) is 282 Å². The number of allylic oxidation sites excluding steroid dienone is 14. The molecule has 8 aromatic rings. The largest absolute Gasteiger partial charge is 0.310 e. The zero-order chi connectivity index (χ0) is 66.3. The van der Waals surface area contributed by atoms with Crippen LogP contribution in [0.5, 0.6) is 0 Å². The minimum absolute atomic E-state index is 0.0340. The number of aryl methyl sites for hydroxylation is 1. The van der Waals surface area contributed by atoms with Crippen LogP contribution in [0.15, 0.2) is 235 Å². The van der Waals surface area contributed by atoms with E-state index >= 15 is 0 Å². The highest BCUT2D eigenvalue weighted by atomic mass is 15.2. The molecule has 0 aromatic heterocycles. The van der Waals surface area contributed by atoms with E-state index < -0.39 is 0 Å². The number of nitrogens with zero attached hydrogens (tertiary/aromatic N) is 2. The van der Waals surface area contributed by atoms with Crippen molar-refractivity contribution >= 4 is 39.1 Å². The van der Waals surface area contributed by atoms with Crippen LogP contribution < -0.4 is 9.80 Å². The third-order valence-electron chi connectivity index (χ3n) is 22.0. The van der Waals surface area contributed by atoms with E-state index in [0.29, 0.717) is 17.8 Å². The second-order valence-corrected chi connectivity index (χ2v) is 33.5. The second kappa shape index (κ2) is 22.6. The summed E-state index contributed by atoms with van der Waals surface area (Å²) in [6, 6.07) is 57.1. The predicted octanol–water partition coefficient (Wildman–Crippen LogP) is 25.4. The third-order valence-corrected chi connectivity index (χ3v) is 22.0. The van der Waals surface area contributed by atoms with Gasteiger partial charge >= 0.3 is 0 Å². The highest BCUT2D eigenvalue weighted by molar-refractivity contribution is 5.99. The molecule has 0 N–H and O–H groups in total. The number of benzene rings is 8.